The van der Waals surface area contributed by atoms with Gasteiger partial charge in [-0.25, -0.2) is 14.8 Å². The number of carbonyl (C=O) groups is 1. The molecule has 0 aliphatic carbocycles. The van der Waals surface area contributed by atoms with Gasteiger partial charge in [0.1, 0.15) is 16.6 Å². The average molecular weight is 383 g/mol. The van der Waals surface area contributed by atoms with Crippen LogP contribution < -0.4 is 5.43 Å². The second-order valence-electron chi connectivity index (χ2n) is 6.08. The Hall–Kier alpha value is -3.06. The van der Waals surface area contributed by atoms with Crippen LogP contribution in [0.25, 0.3) is 10.6 Å². The lowest BCUT2D eigenvalue weighted by atomic mass is 10.1. The number of nitrogens with one attached hydrogen (secondary N) is 1. The van der Waals surface area contributed by atoms with Crippen LogP contribution in [0.5, 0.6) is 5.75 Å². The van der Waals surface area contributed by atoms with Crippen molar-refractivity contribution in [3.8, 4) is 16.3 Å². The van der Waals surface area contributed by atoms with Crippen molar-refractivity contribution in [2.24, 2.45) is 5.10 Å². The predicted octanol–water partition coefficient (Wildman–Crippen LogP) is 4.05. The lowest BCUT2D eigenvalue weighted by Gasteiger charge is -2.06. The molecule has 0 saturated carbocycles. The Balaban J connectivity index is 1.64. The zero-order valence-electron chi connectivity index (χ0n) is 14.9. The smallest absolute Gasteiger partial charge is 0.246 e. The standard InChI is InChI=1S/C20H18FN3O2S/c1-12-3-8-18(25)17(9-12)13(2)23-24-19(26)10-16-11-27-20(22-16)14-4-6-15(21)7-5-14/h3-9,11,25H,10H2,1-2H3,(H,24,26)/b23-13+. The van der Waals surface area contributed by atoms with Crippen LogP contribution in [0.4, 0.5) is 4.39 Å². The fraction of sp³-hybridized carbons (Fsp3) is 0.150. The number of halogens is 1. The molecule has 138 valence electrons. The third kappa shape index (κ3) is 4.77. The van der Waals surface area contributed by atoms with E-state index in [-0.39, 0.29) is 23.9 Å². The Labute approximate surface area is 160 Å². The van der Waals surface area contributed by atoms with Crippen molar-refractivity contribution in [1.29, 1.82) is 0 Å². The van der Waals surface area contributed by atoms with Crippen molar-refractivity contribution in [2.75, 3.05) is 0 Å². The lowest BCUT2D eigenvalue weighted by Crippen LogP contribution is -2.21. The average Bonchev–Trinajstić information content (AvgIpc) is 3.10. The molecule has 0 spiro atoms. The Morgan fingerprint density at radius 1 is 1.26 bits per heavy atom. The molecule has 0 aliphatic rings. The van der Waals surface area contributed by atoms with Gasteiger partial charge in [-0.05, 0) is 50.2 Å². The van der Waals surface area contributed by atoms with Gasteiger partial charge in [0, 0.05) is 16.5 Å². The maximum atomic E-state index is 13.0. The maximum Gasteiger partial charge on any atom is 0.246 e. The Morgan fingerprint density at radius 2 is 2.00 bits per heavy atom. The van der Waals surface area contributed by atoms with E-state index in [9.17, 15) is 14.3 Å². The largest absolute Gasteiger partial charge is 0.507 e. The first-order valence-electron chi connectivity index (χ1n) is 8.26. The van der Waals surface area contributed by atoms with E-state index >= 15 is 0 Å². The molecule has 0 atom stereocenters. The van der Waals surface area contributed by atoms with E-state index in [2.05, 4.69) is 15.5 Å². The number of hydrazone groups is 1. The molecule has 27 heavy (non-hydrogen) atoms. The molecule has 5 nitrogen and oxygen atoms in total. The Kier molecular flexibility index (Phi) is 5.61. The number of amides is 1. The summed E-state index contributed by atoms with van der Waals surface area (Å²) in [6.07, 6.45) is 0.0777. The summed E-state index contributed by atoms with van der Waals surface area (Å²) in [6.45, 7) is 3.63. The van der Waals surface area contributed by atoms with Gasteiger partial charge < -0.3 is 5.11 Å². The van der Waals surface area contributed by atoms with E-state index in [4.69, 9.17) is 0 Å². The molecule has 0 aliphatic heterocycles. The molecule has 3 aromatic rings. The highest BCUT2D eigenvalue weighted by Gasteiger charge is 2.10. The van der Waals surface area contributed by atoms with Crippen LogP contribution in [-0.2, 0) is 11.2 Å². The number of aromatic hydroxyl groups is 1. The normalized spacial score (nSPS) is 11.4. The van der Waals surface area contributed by atoms with Crippen LogP contribution in [0.2, 0.25) is 0 Å². The van der Waals surface area contributed by atoms with E-state index in [1.165, 1.54) is 23.5 Å². The molecule has 0 unspecified atom stereocenters. The van der Waals surface area contributed by atoms with E-state index in [1.807, 2.05) is 6.92 Å². The van der Waals surface area contributed by atoms with Crippen LogP contribution in [0, 0.1) is 12.7 Å². The summed E-state index contributed by atoms with van der Waals surface area (Å²) < 4.78 is 13.0. The Bertz CT molecular complexity index is 997. The summed E-state index contributed by atoms with van der Waals surface area (Å²) in [7, 11) is 0. The van der Waals surface area contributed by atoms with E-state index < -0.39 is 0 Å². The molecular formula is C20H18FN3O2S. The van der Waals surface area contributed by atoms with E-state index in [0.29, 0.717) is 17.0 Å². The molecule has 1 amide bonds. The first-order valence-corrected chi connectivity index (χ1v) is 9.14. The van der Waals surface area contributed by atoms with Crippen molar-refractivity contribution in [3.05, 3.63) is 70.5 Å². The van der Waals surface area contributed by atoms with E-state index in [1.54, 1.807) is 42.6 Å². The maximum absolute atomic E-state index is 13.0. The summed E-state index contributed by atoms with van der Waals surface area (Å²) in [6, 6.07) is 11.3. The van der Waals surface area contributed by atoms with Gasteiger partial charge in [0.25, 0.3) is 0 Å². The molecule has 0 bridgehead atoms. The minimum atomic E-state index is -0.308. The third-order valence-electron chi connectivity index (χ3n) is 3.87. The van der Waals surface area contributed by atoms with Gasteiger partial charge in [-0.2, -0.15) is 5.10 Å². The van der Waals surface area contributed by atoms with Gasteiger partial charge in [0.05, 0.1) is 17.8 Å². The number of phenols is 1. The second-order valence-corrected chi connectivity index (χ2v) is 6.94. The fourth-order valence-electron chi connectivity index (χ4n) is 2.46. The van der Waals surface area contributed by atoms with Crippen molar-refractivity contribution in [2.45, 2.75) is 20.3 Å². The minimum absolute atomic E-state index is 0.0777. The van der Waals surface area contributed by atoms with Crippen LogP contribution in [0.15, 0.2) is 52.9 Å². The molecule has 2 N–H and O–H groups in total. The number of rotatable bonds is 5. The highest BCUT2D eigenvalue weighted by atomic mass is 32.1. The molecule has 1 heterocycles. The summed E-state index contributed by atoms with van der Waals surface area (Å²) in [5, 5.41) is 16.5. The number of hydrogen-bond donors (Lipinski definition) is 2. The zero-order chi connectivity index (χ0) is 19.4. The van der Waals surface area contributed by atoms with Crippen molar-refractivity contribution in [1.82, 2.24) is 10.4 Å². The summed E-state index contributed by atoms with van der Waals surface area (Å²) in [5.74, 6) is -0.500. The molecular weight excluding hydrogens is 365 g/mol. The van der Waals surface area contributed by atoms with Crippen LogP contribution in [0.3, 0.4) is 0 Å². The summed E-state index contributed by atoms with van der Waals surface area (Å²) >= 11 is 1.39. The SMILES string of the molecule is C/C(=N\NC(=O)Cc1csc(-c2ccc(F)cc2)n1)c1cc(C)ccc1O. The second kappa shape index (κ2) is 8.09. The number of carbonyl (C=O) groups excluding carboxylic acids is 1. The number of aryl methyl sites for hydroxylation is 1. The predicted molar refractivity (Wildman–Crippen MR) is 104 cm³/mol. The first-order chi connectivity index (χ1) is 12.9. The molecule has 0 saturated heterocycles. The highest BCUT2D eigenvalue weighted by molar-refractivity contribution is 7.13. The molecule has 3 rings (SSSR count). The summed E-state index contributed by atoms with van der Waals surface area (Å²) in [4.78, 5) is 16.5. The van der Waals surface area contributed by atoms with Crippen LogP contribution in [0.1, 0.15) is 23.7 Å². The zero-order valence-corrected chi connectivity index (χ0v) is 15.7. The fourth-order valence-corrected chi connectivity index (χ4v) is 3.29. The van der Waals surface area contributed by atoms with E-state index in [0.717, 1.165) is 16.1 Å². The molecule has 0 fully saturated rings. The number of nitrogens with zero attached hydrogens (tertiary/aromatic N) is 2. The Morgan fingerprint density at radius 3 is 2.74 bits per heavy atom. The van der Waals surface area contributed by atoms with Gasteiger partial charge in [-0.3, -0.25) is 4.79 Å². The number of aromatic nitrogens is 1. The van der Waals surface area contributed by atoms with Gasteiger partial charge >= 0.3 is 0 Å². The molecule has 1 aromatic heterocycles. The number of thiazole rings is 1. The monoisotopic (exact) mass is 383 g/mol. The van der Waals surface area contributed by atoms with Crippen molar-refractivity contribution < 1.29 is 14.3 Å². The topological polar surface area (TPSA) is 74.6 Å². The molecule has 2 aromatic carbocycles. The molecule has 0 radical (unpaired) electrons. The molecule has 7 heteroatoms. The minimum Gasteiger partial charge on any atom is -0.507 e. The quantitative estimate of drug-likeness (QED) is 0.516. The highest BCUT2D eigenvalue weighted by Crippen LogP contribution is 2.24. The number of phenolic OH excluding ortho intramolecular Hbond substituents is 1. The van der Waals surface area contributed by atoms with Crippen molar-refractivity contribution >= 4 is 23.0 Å². The number of benzene rings is 2. The first kappa shape index (κ1) is 18.7. The van der Waals surface area contributed by atoms with Gasteiger partial charge in [-0.15, -0.1) is 11.3 Å². The van der Waals surface area contributed by atoms with Crippen LogP contribution >= 0.6 is 11.3 Å². The number of hydrogen-bond acceptors (Lipinski definition) is 5. The van der Waals surface area contributed by atoms with Crippen molar-refractivity contribution in [3.63, 3.8) is 0 Å². The van der Waals surface area contributed by atoms with Gasteiger partial charge in [-0.1, -0.05) is 11.6 Å². The van der Waals surface area contributed by atoms with Gasteiger partial charge in [0.15, 0.2) is 0 Å². The third-order valence-corrected chi connectivity index (χ3v) is 4.81. The van der Waals surface area contributed by atoms with Gasteiger partial charge in [0.2, 0.25) is 5.91 Å². The lowest BCUT2D eigenvalue weighted by molar-refractivity contribution is -0.120. The van der Waals surface area contributed by atoms with Crippen LogP contribution in [-0.4, -0.2) is 21.7 Å². The summed E-state index contributed by atoms with van der Waals surface area (Å²) in [5.41, 5.74) is 5.97.